The van der Waals surface area contributed by atoms with Gasteiger partial charge in [-0.15, -0.1) is 0 Å². The number of anilines is 1. The number of benzene rings is 1. The van der Waals surface area contributed by atoms with Crippen LogP contribution in [0.5, 0.6) is 5.75 Å². The monoisotopic (exact) mass is 298 g/mol. The first-order valence-corrected chi connectivity index (χ1v) is 6.13. The van der Waals surface area contributed by atoms with Crippen molar-refractivity contribution < 1.29 is 17.9 Å². The molecule has 0 bridgehead atoms. The molecule has 0 unspecified atom stereocenters. The van der Waals surface area contributed by atoms with Crippen LogP contribution in [0.15, 0.2) is 47.4 Å². The lowest BCUT2D eigenvalue weighted by Crippen LogP contribution is -2.21. The molecule has 1 heterocycles. The maximum absolute atomic E-state index is 12.5. The van der Waals surface area contributed by atoms with Crippen LogP contribution < -0.4 is 16.0 Å². The minimum atomic E-state index is -4.44. The van der Waals surface area contributed by atoms with E-state index in [0.717, 1.165) is 12.1 Å². The predicted octanol–water partition coefficient (Wildman–Crippen LogP) is 2.53. The van der Waals surface area contributed by atoms with Gasteiger partial charge in [-0.05, 0) is 24.3 Å². The molecule has 0 aliphatic heterocycles. The number of halogens is 3. The summed E-state index contributed by atoms with van der Waals surface area (Å²) < 4.78 is 44.2. The van der Waals surface area contributed by atoms with E-state index in [1.807, 2.05) is 0 Å². The minimum Gasteiger partial charge on any atom is -0.490 e. The van der Waals surface area contributed by atoms with Crippen molar-refractivity contribution in [2.24, 2.45) is 0 Å². The van der Waals surface area contributed by atoms with Gasteiger partial charge in [0.25, 0.3) is 5.56 Å². The third kappa shape index (κ3) is 3.77. The number of nitrogens with two attached hydrogens (primary N) is 1. The molecule has 0 saturated heterocycles. The summed E-state index contributed by atoms with van der Waals surface area (Å²) in [5.74, 6) is 0.159. The van der Waals surface area contributed by atoms with E-state index in [9.17, 15) is 18.0 Å². The van der Waals surface area contributed by atoms with Gasteiger partial charge in [0, 0.05) is 12.3 Å². The lowest BCUT2D eigenvalue weighted by molar-refractivity contribution is -0.137. The predicted molar refractivity (Wildman–Crippen MR) is 72.1 cm³/mol. The minimum absolute atomic E-state index is 0.0924. The van der Waals surface area contributed by atoms with Gasteiger partial charge < -0.3 is 15.0 Å². The number of alkyl halides is 3. The van der Waals surface area contributed by atoms with Crippen molar-refractivity contribution in [2.75, 3.05) is 12.3 Å². The largest absolute Gasteiger partial charge is 0.490 e. The summed E-state index contributed by atoms with van der Waals surface area (Å²) >= 11 is 0. The van der Waals surface area contributed by atoms with E-state index in [0.29, 0.717) is 0 Å². The Morgan fingerprint density at radius 3 is 2.57 bits per heavy atom. The SMILES string of the molecule is Nc1cc(C(F)(F)F)ccc1OCCn1ccccc1=O. The average Bonchev–Trinajstić information content (AvgIpc) is 2.41. The highest BCUT2D eigenvalue weighted by Gasteiger charge is 2.30. The number of hydrogen-bond donors (Lipinski definition) is 1. The van der Waals surface area contributed by atoms with Crippen molar-refractivity contribution in [1.82, 2.24) is 4.57 Å². The normalized spacial score (nSPS) is 11.4. The average molecular weight is 298 g/mol. The molecule has 4 nitrogen and oxygen atoms in total. The van der Waals surface area contributed by atoms with Crippen LogP contribution in [0.25, 0.3) is 0 Å². The number of pyridine rings is 1. The van der Waals surface area contributed by atoms with Crippen molar-refractivity contribution in [3.8, 4) is 5.75 Å². The molecule has 112 valence electrons. The molecule has 0 amide bonds. The topological polar surface area (TPSA) is 57.2 Å². The second kappa shape index (κ2) is 5.90. The number of hydrogen-bond acceptors (Lipinski definition) is 3. The highest BCUT2D eigenvalue weighted by Crippen LogP contribution is 2.33. The van der Waals surface area contributed by atoms with E-state index in [4.69, 9.17) is 10.5 Å². The van der Waals surface area contributed by atoms with Gasteiger partial charge in [0.2, 0.25) is 0 Å². The molecule has 0 aliphatic carbocycles. The highest BCUT2D eigenvalue weighted by molar-refractivity contribution is 5.54. The van der Waals surface area contributed by atoms with E-state index in [-0.39, 0.29) is 30.1 Å². The molecule has 0 radical (unpaired) electrons. The molecule has 2 aromatic rings. The number of ether oxygens (including phenoxy) is 1. The van der Waals surface area contributed by atoms with Crippen LogP contribution in [-0.4, -0.2) is 11.2 Å². The van der Waals surface area contributed by atoms with Crippen molar-refractivity contribution in [3.05, 3.63) is 58.5 Å². The van der Waals surface area contributed by atoms with Gasteiger partial charge in [-0.25, -0.2) is 0 Å². The maximum atomic E-state index is 12.5. The fourth-order valence-corrected chi connectivity index (χ4v) is 1.76. The standard InChI is InChI=1S/C14H13F3N2O2/c15-14(16,17)10-4-5-12(11(18)9-10)21-8-7-19-6-2-1-3-13(19)20/h1-6,9H,7-8,18H2. The Kier molecular flexibility index (Phi) is 4.21. The molecule has 0 aliphatic rings. The van der Waals surface area contributed by atoms with E-state index in [1.54, 1.807) is 18.3 Å². The third-order valence-electron chi connectivity index (χ3n) is 2.83. The summed E-state index contributed by atoms with van der Waals surface area (Å²) in [7, 11) is 0. The van der Waals surface area contributed by atoms with Crippen LogP contribution in [0.2, 0.25) is 0 Å². The van der Waals surface area contributed by atoms with Crippen molar-refractivity contribution in [2.45, 2.75) is 12.7 Å². The molecular formula is C14H13F3N2O2. The molecule has 0 atom stereocenters. The van der Waals surface area contributed by atoms with Gasteiger partial charge in [-0.1, -0.05) is 6.07 Å². The molecule has 2 rings (SSSR count). The smallest absolute Gasteiger partial charge is 0.416 e. The zero-order valence-corrected chi connectivity index (χ0v) is 10.9. The van der Waals surface area contributed by atoms with Crippen LogP contribution >= 0.6 is 0 Å². The van der Waals surface area contributed by atoms with Crippen molar-refractivity contribution >= 4 is 5.69 Å². The Labute approximate surface area is 118 Å². The molecule has 0 spiro atoms. The number of rotatable bonds is 4. The lowest BCUT2D eigenvalue weighted by Gasteiger charge is -2.12. The van der Waals surface area contributed by atoms with Gasteiger partial charge in [-0.2, -0.15) is 13.2 Å². The summed E-state index contributed by atoms with van der Waals surface area (Å²) in [6.07, 6.45) is -2.84. The van der Waals surface area contributed by atoms with Gasteiger partial charge in [0.15, 0.2) is 0 Å². The Hall–Kier alpha value is -2.44. The van der Waals surface area contributed by atoms with Crippen LogP contribution in [0.3, 0.4) is 0 Å². The number of nitrogens with zero attached hydrogens (tertiary/aromatic N) is 1. The first-order chi connectivity index (χ1) is 9.88. The van der Waals surface area contributed by atoms with Gasteiger partial charge in [0.05, 0.1) is 17.8 Å². The maximum Gasteiger partial charge on any atom is 0.416 e. The van der Waals surface area contributed by atoms with E-state index in [1.165, 1.54) is 16.7 Å². The number of nitrogen functional groups attached to an aromatic ring is 1. The second-order valence-electron chi connectivity index (χ2n) is 4.33. The molecule has 21 heavy (non-hydrogen) atoms. The Bertz CT molecular complexity index is 680. The summed E-state index contributed by atoms with van der Waals surface area (Å²) in [5, 5.41) is 0. The Balaban J connectivity index is 2.01. The fourth-order valence-electron chi connectivity index (χ4n) is 1.76. The van der Waals surface area contributed by atoms with Crippen molar-refractivity contribution in [3.63, 3.8) is 0 Å². The molecule has 1 aromatic heterocycles. The second-order valence-corrected chi connectivity index (χ2v) is 4.33. The molecule has 7 heteroatoms. The fraction of sp³-hybridized carbons (Fsp3) is 0.214. The van der Waals surface area contributed by atoms with Gasteiger partial charge >= 0.3 is 6.18 Å². The summed E-state index contributed by atoms with van der Waals surface area (Å²) in [4.78, 5) is 11.4. The van der Waals surface area contributed by atoms with E-state index in [2.05, 4.69) is 0 Å². The number of aromatic nitrogens is 1. The van der Waals surface area contributed by atoms with Gasteiger partial charge in [0.1, 0.15) is 12.4 Å². The zero-order valence-electron chi connectivity index (χ0n) is 10.9. The quantitative estimate of drug-likeness (QED) is 0.882. The lowest BCUT2D eigenvalue weighted by atomic mass is 10.2. The van der Waals surface area contributed by atoms with Crippen molar-refractivity contribution in [1.29, 1.82) is 0 Å². The van der Waals surface area contributed by atoms with E-state index < -0.39 is 11.7 Å². The van der Waals surface area contributed by atoms with E-state index >= 15 is 0 Å². The Morgan fingerprint density at radius 1 is 1.19 bits per heavy atom. The molecule has 1 aromatic carbocycles. The molecule has 2 N–H and O–H groups in total. The molecule has 0 saturated carbocycles. The highest BCUT2D eigenvalue weighted by atomic mass is 19.4. The van der Waals surface area contributed by atoms with Crippen LogP contribution in [-0.2, 0) is 12.7 Å². The molecule has 0 fully saturated rings. The zero-order chi connectivity index (χ0) is 15.5. The Morgan fingerprint density at radius 2 is 1.95 bits per heavy atom. The summed E-state index contributed by atoms with van der Waals surface area (Å²) in [5.41, 5.74) is 4.44. The van der Waals surface area contributed by atoms with Crippen LogP contribution in [0, 0.1) is 0 Å². The van der Waals surface area contributed by atoms with Crippen LogP contribution in [0.4, 0.5) is 18.9 Å². The molecular weight excluding hydrogens is 285 g/mol. The van der Waals surface area contributed by atoms with Crippen LogP contribution in [0.1, 0.15) is 5.56 Å². The third-order valence-corrected chi connectivity index (χ3v) is 2.83. The summed E-state index contributed by atoms with van der Waals surface area (Å²) in [6.45, 7) is 0.402. The first-order valence-electron chi connectivity index (χ1n) is 6.13. The summed E-state index contributed by atoms with van der Waals surface area (Å²) in [6, 6.07) is 7.63. The first kappa shape index (κ1) is 15.0. The van der Waals surface area contributed by atoms with Gasteiger partial charge in [-0.3, -0.25) is 4.79 Å².